The molecule has 0 aliphatic heterocycles. The van der Waals surface area contributed by atoms with Gasteiger partial charge in [-0.3, -0.25) is 0 Å². The van der Waals surface area contributed by atoms with Crippen LogP contribution >= 0.6 is 0 Å². The number of carbonyl (C=O) groups excluding carboxylic acids is 1. The summed E-state index contributed by atoms with van der Waals surface area (Å²) in [7, 11) is 1.55. The first-order valence-corrected chi connectivity index (χ1v) is 7.42. The molecule has 1 amide bonds. The molecule has 0 aromatic carbocycles. The Morgan fingerprint density at radius 3 is 2.05 bits per heavy atom. The van der Waals surface area contributed by atoms with E-state index in [-0.39, 0.29) is 17.0 Å². The fraction of sp³-hybridized carbons (Fsp3) is 0.933. The van der Waals surface area contributed by atoms with Gasteiger partial charge >= 0.3 is 6.09 Å². The predicted octanol–water partition coefficient (Wildman–Crippen LogP) is 2.57. The number of aliphatic hydroxyl groups is 1. The summed E-state index contributed by atoms with van der Waals surface area (Å²) in [6.45, 7) is 5.60. The highest BCUT2D eigenvalue weighted by atomic mass is 16.6. The Balaban J connectivity index is 1.95. The number of alkyl carbamates (subject to hydrolysis) is 1. The van der Waals surface area contributed by atoms with Crippen LogP contribution < -0.4 is 5.32 Å². The fourth-order valence-electron chi connectivity index (χ4n) is 3.54. The molecule has 1 unspecified atom stereocenters. The molecule has 3 aliphatic carbocycles. The number of rotatable bonds is 3. The van der Waals surface area contributed by atoms with Crippen LogP contribution in [0.5, 0.6) is 0 Å². The minimum absolute atomic E-state index is 0.119. The summed E-state index contributed by atoms with van der Waals surface area (Å²) in [5.41, 5.74) is -0.746. The molecule has 3 rings (SSSR count). The Morgan fingerprint density at radius 1 is 1.15 bits per heavy atom. The molecule has 3 fully saturated rings. The van der Waals surface area contributed by atoms with E-state index in [9.17, 15) is 9.90 Å². The van der Waals surface area contributed by atoms with E-state index in [4.69, 9.17) is 9.47 Å². The van der Waals surface area contributed by atoms with Crippen molar-refractivity contribution in [3.63, 3.8) is 0 Å². The van der Waals surface area contributed by atoms with Gasteiger partial charge in [-0.05, 0) is 59.3 Å². The Hall–Kier alpha value is -0.810. The summed E-state index contributed by atoms with van der Waals surface area (Å²) in [4.78, 5) is 12.0. The van der Waals surface area contributed by atoms with Gasteiger partial charge in [0.05, 0.1) is 0 Å². The zero-order chi connectivity index (χ0) is 15.0. The van der Waals surface area contributed by atoms with Crippen LogP contribution in [0.1, 0.15) is 59.3 Å². The lowest BCUT2D eigenvalue weighted by Crippen LogP contribution is -2.59. The van der Waals surface area contributed by atoms with Crippen LogP contribution in [0.25, 0.3) is 0 Å². The molecular weight excluding hydrogens is 258 g/mol. The molecule has 1 atom stereocenters. The molecule has 0 aromatic heterocycles. The smallest absolute Gasteiger partial charge is 0.408 e. The SMILES string of the molecule is COC(O)C12CCC(NC(=O)OC(C)(C)C)(CC1)CC2. The van der Waals surface area contributed by atoms with Crippen LogP contribution in [-0.4, -0.2) is 35.7 Å². The molecule has 0 heterocycles. The first-order valence-electron chi connectivity index (χ1n) is 7.42. The van der Waals surface area contributed by atoms with Crippen LogP contribution in [-0.2, 0) is 9.47 Å². The Labute approximate surface area is 121 Å². The van der Waals surface area contributed by atoms with Crippen molar-refractivity contribution in [2.24, 2.45) is 5.41 Å². The first-order chi connectivity index (χ1) is 9.20. The Morgan fingerprint density at radius 2 is 1.65 bits per heavy atom. The van der Waals surface area contributed by atoms with E-state index in [2.05, 4.69) is 5.32 Å². The van der Waals surface area contributed by atoms with Crippen molar-refractivity contribution in [2.75, 3.05) is 7.11 Å². The van der Waals surface area contributed by atoms with Crippen LogP contribution in [0.2, 0.25) is 0 Å². The zero-order valence-electron chi connectivity index (χ0n) is 13.0. The van der Waals surface area contributed by atoms with Crippen LogP contribution in [0.3, 0.4) is 0 Å². The van der Waals surface area contributed by atoms with Gasteiger partial charge in [-0.15, -0.1) is 0 Å². The number of hydrogen-bond donors (Lipinski definition) is 2. The second-order valence-corrected chi connectivity index (χ2v) is 7.36. The maximum Gasteiger partial charge on any atom is 0.408 e. The van der Waals surface area contributed by atoms with Gasteiger partial charge in [0.15, 0.2) is 6.29 Å². The lowest BCUT2D eigenvalue weighted by atomic mass is 9.57. The molecule has 5 nitrogen and oxygen atoms in total. The molecule has 0 aromatic rings. The number of amides is 1. The van der Waals surface area contributed by atoms with Gasteiger partial charge in [-0.25, -0.2) is 4.79 Å². The second kappa shape index (κ2) is 5.19. The van der Waals surface area contributed by atoms with E-state index in [0.29, 0.717) is 0 Å². The van der Waals surface area contributed by atoms with Crippen LogP contribution in [0.4, 0.5) is 4.79 Å². The largest absolute Gasteiger partial charge is 0.444 e. The highest BCUT2D eigenvalue weighted by Crippen LogP contribution is 2.54. The van der Waals surface area contributed by atoms with Crippen molar-refractivity contribution in [1.29, 1.82) is 0 Å². The number of carbonyl (C=O) groups is 1. The lowest BCUT2D eigenvalue weighted by Gasteiger charge is -2.54. The summed E-state index contributed by atoms with van der Waals surface area (Å²) in [6, 6.07) is 0. The van der Waals surface area contributed by atoms with E-state index < -0.39 is 11.9 Å². The van der Waals surface area contributed by atoms with Crippen molar-refractivity contribution in [3.8, 4) is 0 Å². The Kier molecular flexibility index (Phi) is 4.04. The summed E-state index contributed by atoms with van der Waals surface area (Å²) >= 11 is 0. The van der Waals surface area contributed by atoms with Gasteiger partial charge in [-0.2, -0.15) is 0 Å². The number of fused-ring (bicyclic) bond motifs is 3. The van der Waals surface area contributed by atoms with Crippen molar-refractivity contribution >= 4 is 6.09 Å². The van der Waals surface area contributed by atoms with E-state index in [1.54, 1.807) is 7.11 Å². The molecule has 0 saturated heterocycles. The van der Waals surface area contributed by atoms with E-state index in [0.717, 1.165) is 38.5 Å². The molecule has 2 bridgehead atoms. The average molecular weight is 285 g/mol. The van der Waals surface area contributed by atoms with Gasteiger partial charge in [0.25, 0.3) is 0 Å². The molecule has 116 valence electrons. The number of methoxy groups -OCH3 is 1. The van der Waals surface area contributed by atoms with E-state index >= 15 is 0 Å². The summed E-state index contributed by atoms with van der Waals surface area (Å²) in [5, 5.41) is 13.1. The molecular formula is C15H27NO4. The quantitative estimate of drug-likeness (QED) is 0.782. The number of hydrogen-bond acceptors (Lipinski definition) is 4. The highest BCUT2D eigenvalue weighted by molar-refractivity contribution is 5.69. The summed E-state index contributed by atoms with van der Waals surface area (Å²) < 4.78 is 10.5. The van der Waals surface area contributed by atoms with Gasteiger partial charge < -0.3 is 19.9 Å². The number of ether oxygens (including phenoxy) is 2. The molecule has 5 heteroatoms. The lowest BCUT2D eigenvalue weighted by molar-refractivity contribution is -0.193. The topological polar surface area (TPSA) is 67.8 Å². The van der Waals surface area contributed by atoms with Crippen molar-refractivity contribution in [3.05, 3.63) is 0 Å². The van der Waals surface area contributed by atoms with Crippen LogP contribution in [0.15, 0.2) is 0 Å². The maximum atomic E-state index is 12.0. The monoisotopic (exact) mass is 285 g/mol. The number of nitrogens with one attached hydrogen (secondary N) is 1. The minimum Gasteiger partial charge on any atom is -0.444 e. The molecule has 3 saturated carbocycles. The third kappa shape index (κ3) is 3.09. The van der Waals surface area contributed by atoms with E-state index in [1.165, 1.54) is 0 Å². The standard InChI is InChI=1S/C15H27NO4/c1-13(2,3)20-12(18)16-15-8-5-14(6-9-15,7-10-15)11(17)19-4/h11,17H,5-10H2,1-4H3,(H,16,18). The fourth-order valence-corrected chi connectivity index (χ4v) is 3.54. The zero-order valence-corrected chi connectivity index (χ0v) is 13.0. The molecule has 20 heavy (non-hydrogen) atoms. The van der Waals surface area contributed by atoms with E-state index in [1.807, 2.05) is 20.8 Å². The van der Waals surface area contributed by atoms with Crippen molar-refractivity contribution < 1.29 is 19.4 Å². The highest BCUT2D eigenvalue weighted by Gasteiger charge is 2.53. The second-order valence-electron chi connectivity index (χ2n) is 7.36. The van der Waals surface area contributed by atoms with Crippen molar-refractivity contribution in [2.45, 2.75) is 76.7 Å². The molecule has 0 spiro atoms. The molecule has 2 N–H and O–H groups in total. The first kappa shape index (κ1) is 15.6. The molecule has 0 radical (unpaired) electrons. The van der Waals surface area contributed by atoms with Gasteiger partial charge in [0, 0.05) is 18.1 Å². The third-order valence-electron chi connectivity index (χ3n) is 4.82. The van der Waals surface area contributed by atoms with Crippen LogP contribution in [0, 0.1) is 5.41 Å². The number of aliphatic hydroxyl groups excluding tert-OH is 1. The third-order valence-corrected chi connectivity index (χ3v) is 4.82. The predicted molar refractivity (Wildman–Crippen MR) is 75.3 cm³/mol. The van der Waals surface area contributed by atoms with Gasteiger partial charge in [0.1, 0.15) is 5.60 Å². The normalized spacial score (nSPS) is 34.6. The average Bonchev–Trinajstić information content (AvgIpc) is 2.37. The van der Waals surface area contributed by atoms with Gasteiger partial charge in [-0.1, -0.05) is 0 Å². The van der Waals surface area contributed by atoms with Crippen molar-refractivity contribution in [1.82, 2.24) is 5.32 Å². The molecule has 3 aliphatic rings. The van der Waals surface area contributed by atoms with Gasteiger partial charge in [0.2, 0.25) is 0 Å². The Bertz CT molecular complexity index is 350. The minimum atomic E-state index is -0.692. The summed E-state index contributed by atoms with van der Waals surface area (Å²) in [6.07, 6.45) is 4.28. The summed E-state index contributed by atoms with van der Waals surface area (Å²) in [5.74, 6) is 0. The maximum absolute atomic E-state index is 12.0.